The van der Waals surface area contributed by atoms with Gasteiger partial charge in [-0.15, -0.1) is 0 Å². The van der Waals surface area contributed by atoms with E-state index in [2.05, 4.69) is 48.5 Å². The largest absolute Gasteiger partial charge is 0.469 e. The average molecular weight is 585 g/mol. The maximum absolute atomic E-state index is 12.9. The molecule has 5 aliphatic carbocycles. The Labute approximate surface area is 256 Å². The Kier molecular flexibility index (Phi) is 7.51. The van der Waals surface area contributed by atoms with Crippen LogP contribution in [0.15, 0.2) is 0 Å². The number of fused-ring (bicyclic) bond motifs is 5. The Morgan fingerprint density at radius 1 is 0.738 bits per heavy atom. The SMILES string of the molecule is COC(=O)CCCCC(=O)O[C@H]1CC[C@@]2(C)C(CC[C@]3(C)C2CCC2C4C5OCC4(CCC5(C)C)CC[C@]23C)C1(C)C. The van der Waals surface area contributed by atoms with Crippen molar-refractivity contribution in [3.8, 4) is 0 Å². The van der Waals surface area contributed by atoms with Crippen LogP contribution in [-0.2, 0) is 23.8 Å². The van der Waals surface area contributed by atoms with Crippen LogP contribution in [0, 0.1) is 56.2 Å². The van der Waals surface area contributed by atoms with E-state index in [1.807, 2.05) is 0 Å². The molecule has 10 atom stereocenters. The van der Waals surface area contributed by atoms with Gasteiger partial charge in [0.15, 0.2) is 0 Å². The molecule has 6 unspecified atom stereocenters. The molecule has 6 fully saturated rings. The highest BCUT2D eigenvalue weighted by molar-refractivity contribution is 5.70. The summed E-state index contributed by atoms with van der Waals surface area (Å²) in [6, 6.07) is 0. The van der Waals surface area contributed by atoms with Gasteiger partial charge in [0.05, 0.1) is 19.8 Å². The van der Waals surface area contributed by atoms with Gasteiger partial charge >= 0.3 is 11.9 Å². The molecule has 0 aromatic carbocycles. The maximum atomic E-state index is 12.9. The molecule has 0 aromatic heterocycles. The van der Waals surface area contributed by atoms with Crippen LogP contribution in [0.25, 0.3) is 0 Å². The van der Waals surface area contributed by atoms with Gasteiger partial charge in [0, 0.05) is 18.3 Å². The standard InChI is InChI=1S/C37H60O5/c1-32(2)19-21-37-22-20-35(6)24(30(37)31(32)41-23-37)13-14-26-34(5)17-16-27(33(3,4)25(34)15-18-36(26,35)7)42-29(39)12-10-9-11-28(38)40-8/h24-27,30-31H,9-23H2,1-8H3/t24?,25?,26?,27-,30?,31?,34-,35+,36+,37?/m0/s1. The van der Waals surface area contributed by atoms with Gasteiger partial charge in [-0.05, 0) is 128 Å². The third-order valence-electron chi connectivity index (χ3n) is 15.6. The molecule has 0 aromatic rings. The number of esters is 2. The summed E-state index contributed by atoms with van der Waals surface area (Å²) in [5.74, 6) is 2.50. The number of ether oxygens (including phenoxy) is 3. The summed E-state index contributed by atoms with van der Waals surface area (Å²) < 4.78 is 17.7. The van der Waals surface area contributed by atoms with Crippen LogP contribution in [-0.4, -0.2) is 37.9 Å². The minimum Gasteiger partial charge on any atom is -0.469 e. The van der Waals surface area contributed by atoms with E-state index < -0.39 is 0 Å². The van der Waals surface area contributed by atoms with Gasteiger partial charge in [-0.1, -0.05) is 48.5 Å². The number of hydrogen-bond acceptors (Lipinski definition) is 5. The van der Waals surface area contributed by atoms with Crippen LogP contribution in [0.4, 0.5) is 0 Å². The van der Waals surface area contributed by atoms with Crippen LogP contribution in [0.3, 0.4) is 0 Å². The summed E-state index contributed by atoms with van der Waals surface area (Å²) in [5.41, 5.74) is 1.70. The first-order chi connectivity index (χ1) is 19.6. The molecule has 1 heterocycles. The molecule has 1 saturated heterocycles. The van der Waals surface area contributed by atoms with E-state index >= 15 is 0 Å². The van der Waals surface area contributed by atoms with Crippen molar-refractivity contribution in [2.75, 3.05) is 13.7 Å². The Bertz CT molecular complexity index is 1080. The van der Waals surface area contributed by atoms with E-state index in [-0.39, 0.29) is 28.9 Å². The summed E-state index contributed by atoms with van der Waals surface area (Å²) in [4.78, 5) is 24.3. The van der Waals surface area contributed by atoms with Gasteiger partial charge in [0.1, 0.15) is 6.10 Å². The van der Waals surface area contributed by atoms with Gasteiger partial charge in [-0.3, -0.25) is 9.59 Å². The molecule has 0 N–H and O–H groups in total. The molecule has 0 amide bonds. The first-order valence-electron chi connectivity index (χ1n) is 17.5. The molecule has 42 heavy (non-hydrogen) atoms. The summed E-state index contributed by atoms with van der Waals surface area (Å²) in [6.45, 7) is 18.8. The summed E-state index contributed by atoms with van der Waals surface area (Å²) in [5, 5.41) is 0. The molecule has 5 saturated carbocycles. The number of unbranched alkanes of at least 4 members (excludes halogenated alkanes) is 1. The zero-order valence-electron chi connectivity index (χ0n) is 28.1. The van der Waals surface area contributed by atoms with Crippen molar-refractivity contribution in [2.45, 2.75) is 151 Å². The second kappa shape index (κ2) is 10.2. The molecule has 5 heteroatoms. The van der Waals surface area contributed by atoms with Gasteiger partial charge in [-0.2, -0.15) is 0 Å². The van der Waals surface area contributed by atoms with Crippen molar-refractivity contribution in [3.63, 3.8) is 0 Å². The van der Waals surface area contributed by atoms with Crippen LogP contribution in [0.2, 0.25) is 0 Å². The number of hydrogen-bond donors (Lipinski definition) is 0. The topological polar surface area (TPSA) is 61.8 Å². The minimum atomic E-state index is -0.209. The lowest BCUT2D eigenvalue weighted by atomic mass is 9.31. The zero-order chi connectivity index (χ0) is 30.3. The number of rotatable bonds is 6. The van der Waals surface area contributed by atoms with Gasteiger partial charge < -0.3 is 14.2 Å². The van der Waals surface area contributed by atoms with E-state index in [4.69, 9.17) is 14.2 Å². The van der Waals surface area contributed by atoms with Crippen molar-refractivity contribution in [1.82, 2.24) is 0 Å². The fourth-order valence-corrected chi connectivity index (χ4v) is 13.0. The lowest BCUT2D eigenvalue weighted by molar-refractivity contribution is -0.254. The summed E-state index contributed by atoms with van der Waals surface area (Å²) in [7, 11) is 1.41. The highest BCUT2D eigenvalue weighted by Crippen LogP contribution is 2.78. The third-order valence-corrected chi connectivity index (χ3v) is 15.6. The normalized spacial score (nSPS) is 48.2. The lowest BCUT2D eigenvalue weighted by Crippen LogP contribution is -2.67. The third kappa shape index (κ3) is 4.31. The Hall–Kier alpha value is -1.10. The molecular formula is C37H60O5. The number of carbonyl (C=O) groups excluding carboxylic acids is 2. The van der Waals surface area contributed by atoms with E-state index in [1.165, 1.54) is 58.5 Å². The maximum Gasteiger partial charge on any atom is 0.306 e. The van der Waals surface area contributed by atoms with Crippen LogP contribution in [0.1, 0.15) is 138 Å². The van der Waals surface area contributed by atoms with Crippen molar-refractivity contribution in [3.05, 3.63) is 0 Å². The fourth-order valence-electron chi connectivity index (χ4n) is 13.0. The van der Waals surface area contributed by atoms with Crippen LogP contribution >= 0.6 is 0 Å². The van der Waals surface area contributed by atoms with Crippen molar-refractivity contribution < 1.29 is 23.8 Å². The van der Waals surface area contributed by atoms with Crippen molar-refractivity contribution in [2.24, 2.45) is 56.2 Å². The van der Waals surface area contributed by atoms with E-state index in [9.17, 15) is 9.59 Å². The van der Waals surface area contributed by atoms with Gasteiger partial charge in [0.2, 0.25) is 0 Å². The molecule has 6 rings (SSSR count). The average Bonchev–Trinajstić information content (AvgIpc) is 3.27. The Morgan fingerprint density at radius 3 is 2.14 bits per heavy atom. The molecule has 6 aliphatic rings. The molecule has 1 aliphatic heterocycles. The summed E-state index contributed by atoms with van der Waals surface area (Å²) >= 11 is 0. The van der Waals surface area contributed by atoms with Crippen molar-refractivity contribution >= 4 is 11.9 Å². The molecule has 0 radical (unpaired) electrons. The van der Waals surface area contributed by atoms with Gasteiger partial charge in [-0.25, -0.2) is 0 Å². The van der Waals surface area contributed by atoms with E-state index in [0.29, 0.717) is 59.4 Å². The fraction of sp³-hybridized carbons (Fsp3) is 0.946. The smallest absolute Gasteiger partial charge is 0.306 e. The Morgan fingerprint density at radius 2 is 1.43 bits per heavy atom. The predicted molar refractivity (Wildman–Crippen MR) is 165 cm³/mol. The van der Waals surface area contributed by atoms with E-state index in [0.717, 1.165) is 37.2 Å². The molecule has 2 bridgehead atoms. The molecule has 238 valence electrons. The predicted octanol–water partition coefficient (Wildman–Crippen LogP) is 8.52. The zero-order valence-corrected chi connectivity index (χ0v) is 28.1. The summed E-state index contributed by atoms with van der Waals surface area (Å²) in [6.07, 6.45) is 15.3. The van der Waals surface area contributed by atoms with Crippen LogP contribution < -0.4 is 0 Å². The molecular weight excluding hydrogens is 524 g/mol. The van der Waals surface area contributed by atoms with Crippen LogP contribution in [0.5, 0.6) is 0 Å². The first kappa shape index (κ1) is 30.9. The van der Waals surface area contributed by atoms with E-state index in [1.54, 1.807) is 0 Å². The lowest BCUT2D eigenvalue weighted by Gasteiger charge is -2.73. The second-order valence-electron chi connectivity index (χ2n) is 17.9. The van der Waals surface area contributed by atoms with Gasteiger partial charge in [0.25, 0.3) is 0 Å². The Balaban J connectivity index is 1.18. The number of methoxy groups -OCH3 is 1. The highest BCUT2D eigenvalue weighted by Gasteiger charge is 2.72. The highest BCUT2D eigenvalue weighted by atomic mass is 16.5. The first-order valence-corrected chi connectivity index (χ1v) is 17.5. The second-order valence-corrected chi connectivity index (χ2v) is 17.9. The molecule has 0 spiro atoms. The number of carbonyl (C=O) groups is 2. The monoisotopic (exact) mass is 584 g/mol. The molecule has 5 nitrogen and oxygen atoms in total. The minimum absolute atomic E-state index is 0.0215. The quantitative estimate of drug-likeness (QED) is 0.231. The van der Waals surface area contributed by atoms with Crippen molar-refractivity contribution in [1.29, 1.82) is 0 Å².